The number of carbonyl (C=O) groups is 1. The molecule has 1 atom stereocenters. The van der Waals surface area contributed by atoms with E-state index >= 15 is 0 Å². The van der Waals surface area contributed by atoms with Crippen molar-refractivity contribution in [2.24, 2.45) is 0 Å². The van der Waals surface area contributed by atoms with Crippen LogP contribution in [-0.2, 0) is 4.74 Å². The van der Waals surface area contributed by atoms with Crippen LogP contribution in [0.1, 0.15) is 20.8 Å². The number of aliphatic hydroxyl groups excluding tert-OH is 1. The highest BCUT2D eigenvalue weighted by molar-refractivity contribution is 7.22. The molecule has 30 heavy (non-hydrogen) atoms. The van der Waals surface area contributed by atoms with E-state index in [1.807, 2.05) is 39.0 Å². The molecule has 1 aromatic carbocycles. The maximum Gasteiger partial charge on any atom is 0.415 e. The zero-order chi connectivity index (χ0) is 21.9. The summed E-state index contributed by atoms with van der Waals surface area (Å²) in [5, 5.41) is 10.3. The van der Waals surface area contributed by atoms with Gasteiger partial charge in [-0.25, -0.2) is 14.2 Å². The molecule has 2 heterocycles. The number of fused-ring (bicyclic) bond motifs is 1. The van der Waals surface area contributed by atoms with Crippen molar-refractivity contribution in [3.8, 4) is 16.2 Å². The second-order valence-electron chi connectivity index (χ2n) is 7.87. The number of anilines is 1. The average molecular weight is 433 g/mol. The summed E-state index contributed by atoms with van der Waals surface area (Å²) in [7, 11) is 1.62. The molecule has 0 spiro atoms. The number of halogens is 1. The second kappa shape index (κ2) is 8.97. The summed E-state index contributed by atoms with van der Waals surface area (Å²) < 4.78 is 24.2. The van der Waals surface area contributed by atoms with Gasteiger partial charge in [0.05, 0.1) is 0 Å². The van der Waals surface area contributed by atoms with Crippen LogP contribution in [0.25, 0.3) is 20.5 Å². The number of pyridine rings is 1. The second-order valence-corrected chi connectivity index (χ2v) is 8.96. The highest BCUT2D eigenvalue weighted by atomic mass is 32.1. The van der Waals surface area contributed by atoms with Gasteiger partial charge in [0.15, 0.2) is 0 Å². The third-order valence-electron chi connectivity index (χ3n) is 4.16. The number of hydrogen-bond acceptors (Lipinski definition) is 6. The Morgan fingerprint density at radius 3 is 2.67 bits per heavy atom. The van der Waals surface area contributed by atoms with Crippen LogP contribution >= 0.6 is 11.3 Å². The van der Waals surface area contributed by atoms with Gasteiger partial charge in [0, 0.05) is 28.4 Å². The van der Waals surface area contributed by atoms with E-state index < -0.39 is 24.5 Å². The summed E-state index contributed by atoms with van der Waals surface area (Å²) in [5.74, 6) is 1.08. The molecule has 160 valence electrons. The number of hydrogen-bond donors (Lipinski definition) is 1. The Hall–Kier alpha value is -2.71. The minimum Gasteiger partial charge on any atom is -0.491 e. The van der Waals surface area contributed by atoms with E-state index in [4.69, 9.17) is 9.47 Å². The first-order valence-electron chi connectivity index (χ1n) is 9.50. The molecule has 2 aromatic heterocycles. The van der Waals surface area contributed by atoms with E-state index in [9.17, 15) is 14.3 Å². The van der Waals surface area contributed by atoms with Gasteiger partial charge < -0.3 is 14.6 Å². The lowest BCUT2D eigenvalue weighted by Crippen LogP contribution is -2.34. The van der Waals surface area contributed by atoms with Gasteiger partial charge in [-0.2, -0.15) is 0 Å². The molecule has 0 aliphatic carbocycles. The molecule has 1 N–H and O–H groups in total. The number of benzene rings is 1. The third kappa shape index (κ3) is 5.46. The van der Waals surface area contributed by atoms with Crippen molar-refractivity contribution in [3.05, 3.63) is 42.6 Å². The van der Waals surface area contributed by atoms with Crippen LogP contribution in [-0.4, -0.2) is 48.2 Å². The Bertz CT molecular complexity index is 1010. The maximum atomic E-state index is 12.4. The van der Waals surface area contributed by atoms with E-state index in [1.165, 1.54) is 4.90 Å². The number of aromatic nitrogens is 1. The van der Waals surface area contributed by atoms with Crippen LogP contribution in [0.15, 0.2) is 42.6 Å². The minimum absolute atomic E-state index is 0.0865. The first-order valence-corrected chi connectivity index (χ1v) is 10.3. The fourth-order valence-electron chi connectivity index (χ4n) is 2.63. The average Bonchev–Trinajstić information content (AvgIpc) is 3.13. The highest BCUT2D eigenvalue weighted by Gasteiger charge is 2.21. The van der Waals surface area contributed by atoms with Crippen molar-refractivity contribution in [2.75, 3.05) is 25.2 Å². The molecule has 0 unspecified atom stereocenters. The van der Waals surface area contributed by atoms with E-state index in [0.29, 0.717) is 11.6 Å². The number of thiophene rings is 1. The Labute approximate surface area is 178 Å². The molecule has 0 aliphatic heterocycles. The first-order chi connectivity index (χ1) is 14.2. The summed E-state index contributed by atoms with van der Waals surface area (Å²) in [4.78, 5) is 19.0. The van der Waals surface area contributed by atoms with Gasteiger partial charge in [0.1, 0.15) is 36.6 Å². The van der Waals surface area contributed by atoms with Crippen molar-refractivity contribution in [2.45, 2.75) is 32.5 Å². The normalized spacial score (nSPS) is 12.6. The van der Waals surface area contributed by atoms with Crippen LogP contribution in [0.3, 0.4) is 0 Å². The van der Waals surface area contributed by atoms with E-state index in [-0.39, 0.29) is 6.61 Å². The SMILES string of the molecule is CN(C(=O)OC(C)(C)C)c1ccc(-c2cc3ccc(OC[C@@H](O)CF)cc3s2)cn1. The number of carbonyl (C=O) groups excluding carboxylic acids is 1. The molecular formula is C22H25FN2O4S. The quantitative estimate of drug-likeness (QED) is 0.591. The molecule has 0 bridgehead atoms. The lowest BCUT2D eigenvalue weighted by Gasteiger charge is -2.24. The van der Waals surface area contributed by atoms with Gasteiger partial charge in [-0.1, -0.05) is 0 Å². The zero-order valence-corrected chi connectivity index (χ0v) is 18.2. The molecule has 3 rings (SSSR count). The van der Waals surface area contributed by atoms with Crippen LogP contribution in [0.5, 0.6) is 5.75 Å². The van der Waals surface area contributed by atoms with E-state index in [1.54, 1.807) is 36.7 Å². The number of amides is 1. The summed E-state index contributed by atoms with van der Waals surface area (Å²) in [6, 6.07) is 11.3. The Kier molecular flexibility index (Phi) is 6.58. The topological polar surface area (TPSA) is 71.9 Å². The Morgan fingerprint density at radius 2 is 2.03 bits per heavy atom. The molecular weight excluding hydrogens is 407 g/mol. The van der Waals surface area contributed by atoms with E-state index in [2.05, 4.69) is 11.1 Å². The molecule has 1 amide bonds. The predicted octanol–water partition coefficient (Wildman–Crippen LogP) is 5.04. The number of ether oxygens (including phenoxy) is 2. The van der Waals surface area contributed by atoms with Gasteiger partial charge in [-0.05, 0) is 62.6 Å². The van der Waals surface area contributed by atoms with Crippen molar-refractivity contribution >= 4 is 33.3 Å². The maximum absolute atomic E-state index is 12.4. The highest BCUT2D eigenvalue weighted by Crippen LogP contribution is 2.35. The smallest absolute Gasteiger partial charge is 0.415 e. The fraction of sp³-hybridized carbons (Fsp3) is 0.364. The van der Waals surface area contributed by atoms with Crippen LogP contribution < -0.4 is 9.64 Å². The van der Waals surface area contributed by atoms with Crippen molar-refractivity contribution in [1.82, 2.24) is 4.98 Å². The van der Waals surface area contributed by atoms with Crippen molar-refractivity contribution in [3.63, 3.8) is 0 Å². The molecule has 0 radical (unpaired) electrons. The number of aliphatic hydroxyl groups is 1. The predicted molar refractivity (Wildman–Crippen MR) is 117 cm³/mol. The number of alkyl halides is 1. The number of rotatable bonds is 6. The summed E-state index contributed by atoms with van der Waals surface area (Å²) in [6.07, 6.45) is 0.133. The molecule has 6 nitrogen and oxygen atoms in total. The molecule has 0 aliphatic rings. The lowest BCUT2D eigenvalue weighted by atomic mass is 10.2. The van der Waals surface area contributed by atoms with Gasteiger partial charge in [-0.3, -0.25) is 4.90 Å². The zero-order valence-electron chi connectivity index (χ0n) is 17.4. The molecule has 0 saturated heterocycles. The fourth-order valence-corrected chi connectivity index (χ4v) is 3.72. The van der Waals surface area contributed by atoms with Gasteiger partial charge in [-0.15, -0.1) is 11.3 Å². The minimum atomic E-state index is -1.12. The van der Waals surface area contributed by atoms with E-state index in [0.717, 1.165) is 20.5 Å². The lowest BCUT2D eigenvalue weighted by molar-refractivity contribution is 0.0588. The summed E-state index contributed by atoms with van der Waals surface area (Å²) in [5.41, 5.74) is 0.349. The van der Waals surface area contributed by atoms with Gasteiger partial charge >= 0.3 is 6.09 Å². The van der Waals surface area contributed by atoms with Crippen LogP contribution in [0.4, 0.5) is 15.0 Å². The van der Waals surface area contributed by atoms with Crippen LogP contribution in [0.2, 0.25) is 0 Å². The monoisotopic (exact) mass is 432 g/mol. The largest absolute Gasteiger partial charge is 0.491 e. The summed E-state index contributed by atoms with van der Waals surface area (Å²) in [6.45, 7) is 4.53. The molecule has 8 heteroatoms. The third-order valence-corrected chi connectivity index (χ3v) is 5.30. The molecule has 0 saturated carbocycles. The standard InChI is InChI=1S/C22H25FN2O4S/c1-22(2,3)29-21(27)25(4)20-8-6-15(12-24-20)18-9-14-5-7-17(10-19(14)30-18)28-13-16(26)11-23/h5-10,12,16,26H,11,13H2,1-4H3/t16-/m0/s1. The first kappa shape index (κ1) is 22.0. The number of nitrogens with zero attached hydrogens (tertiary/aromatic N) is 2. The van der Waals surface area contributed by atoms with Crippen LogP contribution in [0, 0.1) is 0 Å². The van der Waals surface area contributed by atoms with Gasteiger partial charge in [0.25, 0.3) is 0 Å². The Balaban J connectivity index is 1.75. The van der Waals surface area contributed by atoms with Crippen molar-refractivity contribution < 1.29 is 23.8 Å². The molecule has 0 fully saturated rings. The Morgan fingerprint density at radius 1 is 1.27 bits per heavy atom. The van der Waals surface area contributed by atoms with Gasteiger partial charge in [0.2, 0.25) is 0 Å². The molecule has 3 aromatic rings. The van der Waals surface area contributed by atoms with Crippen molar-refractivity contribution in [1.29, 1.82) is 0 Å². The summed E-state index contributed by atoms with van der Waals surface area (Å²) >= 11 is 1.57.